The van der Waals surface area contributed by atoms with Gasteiger partial charge in [0.25, 0.3) is 0 Å². The van der Waals surface area contributed by atoms with Crippen LogP contribution in [0, 0.1) is 11.8 Å². The third-order valence-corrected chi connectivity index (χ3v) is 4.44. The lowest BCUT2D eigenvalue weighted by molar-refractivity contribution is 0.230. The van der Waals surface area contributed by atoms with Crippen molar-refractivity contribution in [2.75, 3.05) is 20.1 Å². The highest BCUT2D eigenvalue weighted by Crippen LogP contribution is 2.26. The van der Waals surface area contributed by atoms with Crippen LogP contribution in [-0.2, 0) is 0 Å². The predicted molar refractivity (Wildman–Crippen MR) is 82.0 cm³/mol. The molecule has 0 spiro atoms. The molecule has 1 aliphatic carbocycles. The van der Waals surface area contributed by atoms with Crippen molar-refractivity contribution in [2.24, 2.45) is 17.6 Å². The van der Waals surface area contributed by atoms with E-state index >= 15 is 0 Å². The Bertz CT molecular complexity index is 357. The lowest BCUT2D eigenvalue weighted by Gasteiger charge is -2.27. The fourth-order valence-electron chi connectivity index (χ4n) is 3.32. The summed E-state index contributed by atoms with van der Waals surface area (Å²) in [7, 11) is 2.24. The molecule has 0 saturated heterocycles. The SMILES string of the molecule is CC(CN(C)CC1CCCC1)C(N)c1ccccc1. The minimum atomic E-state index is 0.146. The number of hydrogen-bond acceptors (Lipinski definition) is 2. The van der Waals surface area contributed by atoms with Gasteiger partial charge in [0.05, 0.1) is 0 Å². The largest absolute Gasteiger partial charge is 0.324 e. The lowest BCUT2D eigenvalue weighted by atomic mass is 9.94. The van der Waals surface area contributed by atoms with Gasteiger partial charge in [0.1, 0.15) is 0 Å². The molecule has 1 aliphatic rings. The van der Waals surface area contributed by atoms with Crippen LogP contribution in [0.5, 0.6) is 0 Å². The maximum absolute atomic E-state index is 6.37. The summed E-state index contributed by atoms with van der Waals surface area (Å²) in [6, 6.07) is 10.6. The van der Waals surface area contributed by atoms with Crippen molar-refractivity contribution in [3.8, 4) is 0 Å². The summed E-state index contributed by atoms with van der Waals surface area (Å²) in [6.45, 7) is 4.60. The Hall–Kier alpha value is -0.860. The van der Waals surface area contributed by atoms with Crippen LogP contribution < -0.4 is 5.73 Å². The van der Waals surface area contributed by atoms with Gasteiger partial charge < -0.3 is 10.6 Å². The molecule has 19 heavy (non-hydrogen) atoms. The Morgan fingerprint density at radius 2 is 1.84 bits per heavy atom. The van der Waals surface area contributed by atoms with E-state index in [1.54, 1.807) is 0 Å². The third-order valence-electron chi connectivity index (χ3n) is 4.44. The van der Waals surface area contributed by atoms with Gasteiger partial charge in [-0.1, -0.05) is 50.1 Å². The average Bonchev–Trinajstić information content (AvgIpc) is 2.91. The Kier molecular flexibility index (Phi) is 5.41. The fraction of sp³-hybridized carbons (Fsp3) is 0.647. The van der Waals surface area contributed by atoms with Gasteiger partial charge >= 0.3 is 0 Å². The first kappa shape index (κ1) is 14.5. The first-order valence-corrected chi connectivity index (χ1v) is 7.66. The van der Waals surface area contributed by atoms with Gasteiger partial charge in [-0.15, -0.1) is 0 Å². The van der Waals surface area contributed by atoms with Crippen molar-refractivity contribution in [3.63, 3.8) is 0 Å². The van der Waals surface area contributed by atoms with E-state index in [1.807, 2.05) is 6.07 Å². The van der Waals surface area contributed by atoms with Crippen LogP contribution >= 0.6 is 0 Å². The fourth-order valence-corrected chi connectivity index (χ4v) is 3.32. The highest BCUT2D eigenvalue weighted by Gasteiger charge is 2.20. The number of nitrogens with two attached hydrogens (primary N) is 1. The zero-order valence-corrected chi connectivity index (χ0v) is 12.4. The molecular formula is C17H28N2. The second-order valence-corrected chi connectivity index (χ2v) is 6.29. The summed E-state index contributed by atoms with van der Waals surface area (Å²) >= 11 is 0. The molecule has 2 N–H and O–H groups in total. The van der Waals surface area contributed by atoms with E-state index in [0.717, 1.165) is 12.5 Å². The van der Waals surface area contributed by atoms with Crippen molar-refractivity contribution in [1.29, 1.82) is 0 Å². The second-order valence-electron chi connectivity index (χ2n) is 6.29. The first-order chi connectivity index (χ1) is 9.16. The Morgan fingerprint density at radius 1 is 1.21 bits per heavy atom. The molecule has 2 rings (SSSR count). The summed E-state index contributed by atoms with van der Waals surface area (Å²) < 4.78 is 0. The maximum Gasteiger partial charge on any atom is 0.0333 e. The van der Waals surface area contributed by atoms with E-state index in [0.29, 0.717) is 5.92 Å². The number of rotatable bonds is 6. The summed E-state index contributed by atoms with van der Waals surface area (Å²) in [5.41, 5.74) is 7.62. The van der Waals surface area contributed by atoms with Crippen LogP contribution in [0.3, 0.4) is 0 Å². The minimum absolute atomic E-state index is 0.146. The van der Waals surface area contributed by atoms with Crippen LogP contribution in [0.15, 0.2) is 30.3 Å². The van der Waals surface area contributed by atoms with Crippen molar-refractivity contribution < 1.29 is 0 Å². The van der Waals surface area contributed by atoms with Gasteiger partial charge in [-0.25, -0.2) is 0 Å². The molecule has 0 amide bonds. The lowest BCUT2D eigenvalue weighted by Crippen LogP contribution is -2.33. The monoisotopic (exact) mass is 260 g/mol. The molecule has 0 aromatic heterocycles. The van der Waals surface area contributed by atoms with Gasteiger partial charge in [0.2, 0.25) is 0 Å². The normalized spacial score (nSPS) is 19.8. The molecule has 2 nitrogen and oxygen atoms in total. The van der Waals surface area contributed by atoms with Gasteiger partial charge in [0, 0.05) is 19.1 Å². The van der Waals surface area contributed by atoms with Gasteiger partial charge in [0.15, 0.2) is 0 Å². The summed E-state index contributed by atoms with van der Waals surface area (Å²) in [6.07, 6.45) is 5.70. The van der Waals surface area contributed by atoms with Crippen molar-refractivity contribution >= 4 is 0 Å². The zero-order valence-electron chi connectivity index (χ0n) is 12.4. The van der Waals surface area contributed by atoms with E-state index in [-0.39, 0.29) is 6.04 Å². The average molecular weight is 260 g/mol. The van der Waals surface area contributed by atoms with Gasteiger partial charge in [-0.3, -0.25) is 0 Å². The zero-order chi connectivity index (χ0) is 13.7. The molecule has 2 unspecified atom stereocenters. The first-order valence-electron chi connectivity index (χ1n) is 7.66. The maximum atomic E-state index is 6.37. The van der Waals surface area contributed by atoms with E-state index in [4.69, 9.17) is 5.73 Å². The van der Waals surface area contributed by atoms with Gasteiger partial charge in [-0.05, 0) is 37.3 Å². The quantitative estimate of drug-likeness (QED) is 0.849. The number of hydrogen-bond donors (Lipinski definition) is 1. The standard InChI is InChI=1S/C17H28N2/c1-14(17(18)16-10-4-3-5-11-16)12-19(2)13-15-8-6-7-9-15/h3-5,10-11,14-15,17H,6-9,12-13,18H2,1-2H3. The molecule has 106 valence electrons. The van der Waals surface area contributed by atoms with Crippen LogP contribution in [0.4, 0.5) is 0 Å². The molecule has 0 heterocycles. The number of benzene rings is 1. The van der Waals surface area contributed by atoms with Crippen molar-refractivity contribution in [1.82, 2.24) is 4.90 Å². The van der Waals surface area contributed by atoms with E-state index in [1.165, 1.54) is 37.8 Å². The minimum Gasteiger partial charge on any atom is -0.324 e. The van der Waals surface area contributed by atoms with Crippen LogP contribution in [0.2, 0.25) is 0 Å². The topological polar surface area (TPSA) is 29.3 Å². The van der Waals surface area contributed by atoms with E-state index in [2.05, 4.69) is 43.1 Å². The highest BCUT2D eigenvalue weighted by molar-refractivity contribution is 5.19. The Morgan fingerprint density at radius 3 is 2.47 bits per heavy atom. The van der Waals surface area contributed by atoms with E-state index < -0.39 is 0 Å². The van der Waals surface area contributed by atoms with Crippen molar-refractivity contribution in [3.05, 3.63) is 35.9 Å². The smallest absolute Gasteiger partial charge is 0.0333 e. The Labute approximate surface area is 118 Å². The number of nitrogens with zero attached hydrogens (tertiary/aromatic N) is 1. The molecule has 1 fully saturated rings. The summed E-state index contributed by atoms with van der Waals surface area (Å²) in [5.74, 6) is 1.42. The molecular weight excluding hydrogens is 232 g/mol. The molecule has 0 aliphatic heterocycles. The summed E-state index contributed by atoms with van der Waals surface area (Å²) in [5, 5.41) is 0. The van der Waals surface area contributed by atoms with Gasteiger partial charge in [-0.2, -0.15) is 0 Å². The molecule has 1 aromatic carbocycles. The molecule has 0 bridgehead atoms. The molecule has 2 atom stereocenters. The molecule has 1 saturated carbocycles. The molecule has 1 aromatic rings. The van der Waals surface area contributed by atoms with Crippen LogP contribution in [-0.4, -0.2) is 25.0 Å². The summed E-state index contributed by atoms with van der Waals surface area (Å²) in [4.78, 5) is 2.48. The highest BCUT2D eigenvalue weighted by atomic mass is 15.1. The van der Waals surface area contributed by atoms with Crippen molar-refractivity contribution in [2.45, 2.75) is 38.6 Å². The third kappa shape index (κ3) is 4.32. The molecule has 2 heteroatoms. The van der Waals surface area contributed by atoms with Crippen LogP contribution in [0.1, 0.15) is 44.2 Å². The van der Waals surface area contributed by atoms with Crippen LogP contribution in [0.25, 0.3) is 0 Å². The molecule has 0 radical (unpaired) electrons. The second kappa shape index (κ2) is 7.06. The predicted octanol–water partition coefficient (Wildman–Crippen LogP) is 3.44. The van der Waals surface area contributed by atoms with E-state index in [9.17, 15) is 0 Å². The Balaban J connectivity index is 1.80.